The number of fused-ring (bicyclic) bond motifs is 5. The van der Waals surface area contributed by atoms with E-state index in [1.165, 1.54) is 41.9 Å². The van der Waals surface area contributed by atoms with E-state index in [2.05, 4.69) is 11.4 Å². The number of carbonyl (C=O) groups is 6. The third kappa shape index (κ3) is 4.60. The first-order valence-electron chi connectivity index (χ1n) is 14.8. The van der Waals surface area contributed by atoms with Crippen molar-refractivity contribution < 1.29 is 48.5 Å². The Labute approximate surface area is 265 Å². The normalized spacial score (nSPS) is 31.2. The number of ether oxygens (including phenoxy) is 2. The van der Waals surface area contributed by atoms with Crippen molar-refractivity contribution in [2.45, 2.75) is 82.5 Å². The largest absolute Gasteiger partial charge is 0.492 e. The summed E-state index contributed by atoms with van der Waals surface area (Å²) >= 11 is 0. The van der Waals surface area contributed by atoms with E-state index in [0.717, 1.165) is 0 Å². The number of methoxy groups -OCH3 is 2. The lowest BCUT2D eigenvalue weighted by Gasteiger charge is -2.61. The van der Waals surface area contributed by atoms with Gasteiger partial charge in [-0.05, 0) is 41.2 Å². The summed E-state index contributed by atoms with van der Waals surface area (Å²) in [6.45, 7) is 4.86. The predicted molar refractivity (Wildman–Crippen MR) is 157 cm³/mol. The lowest BCUT2D eigenvalue weighted by molar-refractivity contribution is -0.143. The second-order valence-corrected chi connectivity index (χ2v) is 12.6. The molecule has 0 aromatic rings. The van der Waals surface area contributed by atoms with Crippen molar-refractivity contribution in [1.29, 1.82) is 5.26 Å². The van der Waals surface area contributed by atoms with Crippen molar-refractivity contribution in [3.63, 3.8) is 0 Å². The third-order valence-electron chi connectivity index (χ3n) is 9.80. The first-order chi connectivity index (χ1) is 21.5. The molecule has 1 saturated heterocycles. The Balaban J connectivity index is 1.70. The molecule has 0 aromatic heterocycles. The summed E-state index contributed by atoms with van der Waals surface area (Å²) in [7, 11) is 4.11. The number of hydrogen-bond acceptors (Lipinski definition) is 13. The number of nitriles is 1. The van der Waals surface area contributed by atoms with E-state index in [1.54, 1.807) is 16.8 Å². The third-order valence-corrected chi connectivity index (χ3v) is 9.80. The van der Waals surface area contributed by atoms with Crippen LogP contribution < -0.4 is 5.32 Å². The summed E-state index contributed by atoms with van der Waals surface area (Å²) in [4.78, 5) is 83.3. The van der Waals surface area contributed by atoms with E-state index >= 15 is 0 Å². The van der Waals surface area contributed by atoms with Gasteiger partial charge in [-0.1, -0.05) is 0 Å². The van der Waals surface area contributed by atoms with Crippen molar-refractivity contribution in [3.05, 3.63) is 45.0 Å². The van der Waals surface area contributed by atoms with E-state index in [-0.39, 0.29) is 51.4 Å². The Hall–Kier alpha value is -4.29. The Morgan fingerprint density at radius 1 is 1.00 bits per heavy atom. The number of piperazine rings is 1. The number of aliphatic hydroxyl groups excluding tert-OH is 1. The monoisotopic (exact) mass is 636 g/mol. The zero-order valence-corrected chi connectivity index (χ0v) is 26.6. The molecule has 244 valence electrons. The molecule has 5 aliphatic rings. The molecule has 14 heteroatoms. The smallest absolute Gasteiger partial charge is 0.252 e. The molecular weight excluding hydrogens is 600 g/mol. The van der Waals surface area contributed by atoms with Crippen LogP contribution in [0.15, 0.2) is 45.0 Å². The molecule has 46 heavy (non-hydrogen) atoms. The van der Waals surface area contributed by atoms with E-state index in [9.17, 15) is 44.2 Å². The number of ketones is 5. The van der Waals surface area contributed by atoms with Gasteiger partial charge in [0, 0.05) is 52.4 Å². The summed E-state index contributed by atoms with van der Waals surface area (Å²) < 4.78 is 10.6. The molecule has 0 aromatic carbocycles. The molecule has 2 aliphatic carbocycles. The van der Waals surface area contributed by atoms with E-state index in [4.69, 9.17) is 9.47 Å². The Bertz CT molecular complexity index is 1670. The van der Waals surface area contributed by atoms with Crippen molar-refractivity contribution >= 4 is 34.8 Å². The quantitative estimate of drug-likeness (QED) is 0.286. The van der Waals surface area contributed by atoms with Crippen LogP contribution in [0.5, 0.6) is 0 Å². The summed E-state index contributed by atoms with van der Waals surface area (Å²) in [6.07, 6.45) is -2.19. The number of Topliss-reactive ketones (excluding diaryl/α,β-unsaturated/α-hetero) is 5. The standard InChI is InChI=1S/C32H36N4O10/c1-12(37)9-32(4,44)31(43)34-11-18-19-15(24(38)13(2)29(45-6)27(19)41)8-16-22-20-21(25(39)14(3)30(46-7)28(20)42)26(40)23(35(22)5)17(10-33)36(16)18/h16-18,22-23,26,40,44H,8-9,11H2,1-7H3,(H,34,43)/t16?,17-,18?,22?,23?,26+,32?/m0/s1. The lowest BCUT2D eigenvalue weighted by Crippen LogP contribution is -2.77. The number of nitrogens with one attached hydrogen (secondary N) is 1. The number of amides is 1. The fourth-order valence-corrected chi connectivity index (χ4v) is 7.84. The van der Waals surface area contributed by atoms with Crippen LogP contribution in [0.2, 0.25) is 0 Å². The van der Waals surface area contributed by atoms with Gasteiger partial charge in [-0.15, -0.1) is 0 Å². The molecule has 1 amide bonds. The Morgan fingerprint density at radius 2 is 1.57 bits per heavy atom. The maximum absolute atomic E-state index is 13.9. The van der Waals surface area contributed by atoms with Crippen LogP contribution in [0.25, 0.3) is 0 Å². The van der Waals surface area contributed by atoms with Crippen LogP contribution >= 0.6 is 0 Å². The van der Waals surface area contributed by atoms with E-state index in [1.807, 2.05) is 0 Å². The SMILES string of the molecule is COC1=C(C)C(=O)C2=C(C1=O)C1C3CC4=C(C(=O)C(OC)=C(C)C4=O)C(CNC(=O)C(C)(O)CC(C)=O)N3[C@@H](C#N)C([C@@H]2O)N1C. The molecule has 0 spiro atoms. The van der Waals surface area contributed by atoms with E-state index in [0.29, 0.717) is 0 Å². The highest BCUT2D eigenvalue weighted by molar-refractivity contribution is 6.26. The van der Waals surface area contributed by atoms with Crippen LogP contribution in [0.1, 0.15) is 40.5 Å². The van der Waals surface area contributed by atoms with Gasteiger partial charge >= 0.3 is 0 Å². The minimum absolute atomic E-state index is 0.0195. The van der Waals surface area contributed by atoms with Gasteiger partial charge in [-0.2, -0.15) is 5.26 Å². The number of aliphatic hydroxyl groups is 2. The zero-order chi connectivity index (χ0) is 34.2. The van der Waals surface area contributed by atoms with Gasteiger partial charge in [0.25, 0.3) is 5.91 Å². The molecule has 0 radical (unpaired) electrons. The summed E-state index contributed by atoms with van der Waals surface area (Å²) in [5.74, 6) is -4.08. The minimum Gasteiger partial charge on any atom is -0.492 e. The van der Waals surface area contributed by atoms with Gasteiger partial charge in [0.2, 0.25) is 11.6 Å². The summed E-state index contributed by atoms with van der Waals surface area (Å²) in [5, 5.41) is 35.6. The number of nitrogens with zero attached hydrogens (tertiary/aromatic N) is 3. The first-order valence-corrected chi connectivity index (χ1v) is 14.8. The molecule has 5 unspecified atom stereocenters. The molecule has 3 heterocycles. The number of rotatable bonds is 7. The molecule has 3 aliphatic heterocycles. The fraction of sp³-hybridized carbons (Fsp3) is 0.531. The second-order valence-electron chi connectivity index (χ2n) is 12.6. The lowest BCUT2D eigenvalue weighted by atomic mass is 9.66. The Morgan fingerprint density at radius 3 is 2.11 bits per heavy atom. The van der Waals surface area contributed by atoms with Crippen molar-refractivity contribution in [2.75, 3.05) is 27.8 Å². The molecule has 3 N–H and O–H groups in total. The molecule has 14 nitrogen and oxygen atoms in total. The fourth-order valence-electron chi connectivity index (χ4n) is 7.84. The van der Waals surface area contributed by atoms with Gasteiger partial charge in [0.1, 0.15) is 23.5 Å². The number of likely N-dealkylation sites (N-methyl/N-ethyl adjacent to an activating group) is 1. The first kappa shape index (κ1) is 33.1. The molecule has 0 saturated carbocycles. The van der Waals surface area contributed by atoms with Gasteiger partial charge in [-0.3, -0.25) is 38.6 Å². The van der Waals surface area contributed by atoms with Gasteiger partial charge in [0.05, 0.1) is 38.4 Å². The second kappa shape index (κ2) is 11.5. The highest BCUT2D eigenvalue weighted by Gasteiger charge is 2.62. The van der Waals surface area contributed by atoms with Crippen LogP contribution in [0.4, 0.5) is 0 Å². The summed E-state index contributed by atoms with van der Waals surface area (Å²) in [5.41, 5.74) is -2.10. The van der Waals surface area contributed by atoms with Crippen LogP contribution in [0.3, 0.4) is 0 Å². The van der Waals surface area contributed by atoms with Crippen molar-refractivity contribution in [3.8, 4) is 6.07 Å². The highest BCUT2D eigenvalue weighted by atomic mass is 16.5. The Kier molecular flexibility index (Phi) is 8.27. The average molecular weight is 637 g/mol. The maximum atomic E-state index is 13.9. The number of hydrogen-bond donors (Lipinski definition) is 3. The van der Waals surface area contributed by atoms with Crippen molar-refractivity contribution in [1.82, 2.24) is 15.1 Å². The molecule has 1 fully saturated rings. The summed E-state index contributed by atoms with van der Waals surface area (Å²) in [6, 6.07) is -3.05. The van der Waals surface area contributed by atoms with Gasteiger partial charge < -0.3 is 25.0 Å². The van der Waals surface area contributed by atoms with Crippen LogP contribution in [0, 0.1) is 11.3 Å². The van der Waals surface area contributed by atoms with Crippen LogP contribution in [-0.4, -0.2) is 125 Å². The highest BCUT2D eigenvalue weighted by Crippen LogP contribution is 2.49. The predicted octanol–water partition coefficient (Wildman–Crippen LogP) is -1.04. The van der Waals surface area contributed by atoms with Gasteiger partial charge in [0.15, 0.2) is 23.1 Å². The molecular formula is C32H36N4O10. The topological polar surface area (TPSA) is 204 Å². The molecule has 2 bridgehead atoms. The maximum Gasteiger partial charge on any atom is 0.252 e. The van der Waals surface area contributed by atoms with Crippen LogP contribution in [-0.2, 0) is 38.2 Å². The van der Waals surface area contributed by atoms with E-state index < -0.39 is 89.7 Å². The average Bonchev–Trinajstić information content (AvgIpc) is 2.98. The van der Waals surface area contributed by atoms with Crippen molar-refractivity contribution in [2.24, 2.45) is 0 Å². The van der Waals surface area contributed by atoms with Gasteiger partial charge in [-0.25, -0.2) is 0 Å². The minimum atomic E-state index is -2.10. The zero-order valence-electron chi connectivity index (χ0n) is 26.6. The number of allylic oxidation sites excluding steroid dienone is 4. The molecule has 7 atom stereocenters. The molecule has 5 rings (SSSR count). The number of carbonyl (C=O) groups excluding carboxylic acids is 6.